The standard InChI is InChI=1S/C9H3BrINS/c10-9-6(4-12)5-2-1-3-7(11)8(5)13-9/h1-3H. The molecule has 0 saturated carbocycles. The first kappa shape index (κ1) is 9.44. The lowest BCUT2D eigenvalue weighted by Gasteiger charge is -1.91. The predicted octanol–water partition coefficient (Wildman–Crippen LogP) is 4.14. The van der Waals surface area contributed by atoms with Gasteiger partial charge >= 0.3 is 0 Å². The maximum Gasteiger partial charge on any atom is 0.102 e. The molecule has 64 valence electrons. The van der Waals surface area contributed by atoms with E-state index in [9.17, 15) is 0 Å². The van der Waals surface area contributed by atoms with Gasteiger partial charge in [-0.15, -0.1) is 11.3 Å². The molecule has 0 fully saturated rings. The SMILES string of the molecule is N#Cc1c(Br)sc2c(I)cccc12. The summed E-state index contributed by atoms with van der Waals surface area (Å²) in [6.07, 6.45) is 0. The molecule has 13 heavy (non-hydrogen) atoms. The largest absolute Gasteiger partial charge is 0.192 e. The molecule has 4 heteroatoms. The lowest BCUT2D eigenvalue weighted by molar-refractivity contribution is 1.51. The first-order chi connectivity index (χ1) is 6.24. The lowest BCUT2D eigenvalue weighted by atomic mass is 10.2. The Morgan fingerprint density at radius 1 is 1.46 bits per heavy atom. The predicted molar refractivity (Wildman–Crippen MR) is 67.0 cm³/mol. The molecule has 0 aliphatic carbocycles. The first-order valence-electron chi connectivity index (χ1n) is 3.50. The summed E-state index contributed by atoms with van der Waals surface area (Å²) >= 11 is 7.30. The summed E-state index contributed by atoms with van der Waals surface area (Å²) in [6, 6.07) is 8.21. The Labute approximate surface area is 102 Å². The maximum atomic E-state index is 8.92. The molecule has 0 amide bonds. The van der Waals surface area contributed by atoms with Crippen LogP contribution in [0.1, 0.15) is 5.56 Å². The van der Waals surface area contributed by atoms with Crippen molar-refractivity contribution in [3.8, 4) is 6.07 Å². The summed E-state index contributed by atoms with van der Waals surface area (Å²) in [5, 5.41) is 9.97. The third-order valence-corrected chi connectivity index (χ3v) is 4.91. The van der Waals surface area contributed by atoms with Gasteiger partial charge in [0.15, 0.2) is 0 Å². The van der Waals surface area contributed by atoms with Crippen LogP contribution in [0.15, 0.2) is 22.0 Å². The van der Waals surface area contributed by atoms with Gasteiger partial charge in [0, 0.05) is 8.96 Å². The molecule has 1 nitrogen and oxygen atoms in total. The topological polar surface area (TPSA) is 23.8 Å². The molecule has 0 bridgehead atoms. The number of rotatable bonds is 0. The number of nitrogens with zero attached hydrogens (tertiary/aromatic N) is 1. The van der Waals surface area contributed by atoms with Gasteiger partial charge < -0.3 is 0 Å². The Balaban J connectivity index is 2.96. The van der Waals surface area contributed by atoms with Crippen LogP contribution in [0.2, 0.25) is 0 Å². The summed E-state index contributed by atoms with van der Waals surface area (Å²) in [6.45, 7) is 0. The molecule has 0 saturated heterocycles. The fourth-order valence-electron chi connectivity index (χ4n) is 1.16. The van der Waals surface area contributed by atoms with E-state index >= 15 is 0 Å². The number of benzene rings is 1. The smallest absolute Gasteiger partial charge is 0.102 e. The lowest BCUT2D eigenvalue weighted by Crippen LogP contribution is -1.72. The van der Waals surface area contributed by atoms with Crippen molar-refractivity contribution in [3.63, 3.8) is 0 Å². The number of fused-ring (bicyclic) bond motifs is 1. The van der Waals surface area contributed by atoms with Gasteiger partial charge in [-0.2, -0.15) is 5.26 Å². The second kappa shape index (κ2) is 3.56. The van der Waals surface area contributed by atoms with E-state index in [0.29, 0.717) is 0 Å². The van der Waals surface area contributed by atoms with Gasteiger partial charge in [-0.05, 0) is 44.6 Å². The van der Waals surface area contributed by atoms with Crippen LogP contribution in [-0.2, 0) is 0 Å². The highest BCUT2D eigenvalue weighted by molar-refractivity contribution is 14.1. The molecule has 0 aliphatic heterocycles. The molecule has 0 unspecified atom stereocenters. The van der Waals surface area contributed by atoms with Crippen molar-refractivity contribution in [2.45, 2.75) is 0 Å². The van der Waals surface area contributed by atoms with E-state index in [1.165, 1.54) is 8.27 Å². The zero-order chi connectivity index (χ0) is 9.42. The fraction of sp³-hybridized carbons (Fsp3) is 0. The van der Waals surface area contributed by atoms with E-state index in [1.54, 1.807) is 11.3 Å². The normalized spacial score (nSPS) is 10.2. The van der Waals surface area contributed by atoms with Crippen LogP contribution in [0.25, 0.3) is 10.1 Å². The van der Waals surface area contributed by atoms with E-state index in [2.05, 4.69) is 44.6 Å². The highest BCUT2D eigenvalue weighted by Gasteiger charge is 2.10. The van der Waals surface area contributed by atoms with Gasteiger partial charge in [0.1, 0.15) is 6.07 Å². The number of thiophene rings is 1. The minimum absolute atomic E-state index is 0.749. The fourth-order valence-corrected chi connectivity index (χ4v) is 3.66. The highest BCUT2D eigenvalue weighted by Crippen LogP contribution is 2.37. The molecule has 0 N–H and O–H groups in total. The third-order valence-electron chi connectivity index (χ3n) is 1.74. The number of nitriles is 1. The van der Waals surface area contributed by atoms with Crippen LogP contribution in [0, 0.1) is 14.9 Å². The van der Waals surface area contributed by atoms with Crippen molar-refractivity contribution in [1.82, 2.24) is 0 Å². The second-order valence-corrected chi connectivity index (χ2v) is 5.98. The summed E-state index contributed by atoms with van der Waals surface area (Å²) in [4.78, 5) is 0. The van der Waals surface area contributed by atoms with E-state index in [0.717, 1.165) is 14.7 Å². The van der Waals surface area contributed by atoms with Gasteiger partial charge in [-0.25, -0.2) is 0 Å². The highest BCUT2D eigenvalue weighted by atomic mass is 127. The molecular weight excluding hydrogens is 361 g/mol. The van der Waals surface area contributed by atoms with Crippen LogP contribution in [0.5, 0.6) is 0 Å². The van der Waals surface area contributed by atoms with Crippen LogP contribution >= 0.6 is 49.9 Å². The van der Waals surface area contributed by atoms with Crippen molar-refractivity contribution in [2.24, 2.45) is 0 Å². The molecule has 1 aromatic heterocycles. The summed E-state index contributed by atoms with van der Waals surface area (Å²) in [7, 11) is 0. The van der Waals surface area contributed by atoms with Crippen molar-refractivity contribution in [1.29, 1.82) is 5.26 Å². The maximum absolute atomic E-state index is 8.92. The van der Waals surface area contributed by atoms with E-state index in [4.69, 9.17) is 5.26 Å². The molecule has 0 radical (unpaired) electrons. The van der Waals surface area contributed by atoms with E-state index < -0.39 is 0 Å². The van der Waals surface area contributed by atoms with Crippen molar-refractivity contribution < 1.29 is 0 Å². The van der Waals surface area contributed by atoms with Gasteiger partial charge in [0.25, 0.3) is 0 Å². The minimum atomic E-state index is 0.749. The number of halogens is 2. The summed E-state index contributed by atoms with van der Waals surface area (Å²) < 4.78 is 3.31. The van der Waals surface area contributed by atoms with Crippen molar-refractivity contribution in [2.75, 3.05) is 0 Å². The zero-order valence-corrected chi connectivity index (χ0v) is 10.9. The number of hydrogen-bond acceptors (Lipinski definition) is 2. The molecule has 0 aliphatic rings. The Hall–Kier alpha value is -0.120. The van der Waals surface area contributed by atoms with Crippen LogP contribution in [0.4, 0.5) is 0 Å². The van der Waals surface area contributed by atoms with Crippen LogP contribution in [-0.4, -0.2) is 0 Å². The molecule has 0 atom stereocenters. The van der Waals surface area contributed by atoms with Crippen LogP contribution < -0.4 is 0 Å². The van der Waals surface area contributed by atoms with Crippen molar-refractivity contribution in [3.05, 3.63) is 31.1 Å². The summed E-state index contributed by atoms with van der Waals surface area (Å²) in [5.74, 6) is 0. The van der Waals surface area contributed by atoms with Gasteiger partial charge in [0.05, 0.1) is 14.0 Å². The van der Waals surface area contributed by atoms with Gasteiger partial charge in [0.2, 0.25) is 0 Å². The van der Waals surface area contributed by atoms with E-state index in [-0.39, 0.29) is 0 Å². The monoisotopic (exact) mass is 363 g/mol. The molecule has 1 heterocycles. The first-order valence-corrected chi connectivity index (χ1v) is 6.19. The Morgan fingerprint density at radius 3 is 2.92 bits per heavy atom. The Kier molecular flexibility index (Phi) is 2.58. The second-order valence-electron chi connectivity index (χ2n) is 2.48. The molecular formula is C9H3BrINS. The zero-order valence-electron chi connectivity index (χ0n) is 6.34. The quantitative estimate of drug-likeness (QED) is 0.645. The van der Waals surface area contributed by atoms with E-state index in [1.807, 2.05) is 18.2 Å². The van der Waals surface area contributed by atoms with Gasteiger partial charge in [-0.3, -0.25) is 0 Å². The molecule has 2 rings (SSSR count). The molecule has 1 aromatic carbocycles. The average Bonchev–Trinajstić information content (AvgIpc) is 2.43. The molecule has 2 aromatic rings. The Bertz CT molecular complexity index is 512. The van der Waals surface area contributed by atoms with Crippen LogP contribution in [0.3, 0.4) is 0 Å². The number of hydrogen-bond donors (Lipinski definition) is 0. The average molecular weight is 364 g/mol. The van der Waals surface area contributed by atoms with Crippen molar-refractivity contribution >= 4 is 59.9 Å². The minimum Gasteiger partial charge on any atom is -0.192 e. The summed E-state index contributed by atoms with van der Waals surface area (Å²) in [5.41, 5.74) is 0.749. The van der Waals surface area contributed by atoms with Gasteiger partial charge in [-0.1, -0.05) is 12.1 Å². The molecule has 0 spiro atoms. The Morgan fingerprint density at radius 2 is 2.23 bits per heavy atom. The third kappa shape index (κ3) is 1.49.